The van der Waals surface area contributed by atoms with E-state index in [4.69, 9.17) is 0 Å². The van der Waals surface area contributed by atoms with Gasteiger partial charge in [-0.2, -0.15) is 5.10 Å². The van der Waals surface area contributed by atoms with Crippen molar-refractivity contribution in [2.24, 2.45) is 0 Å². The molecule has 0 aliphatic heterocycles. The minimum Gasteiger partial charge on any atom is -0.339 e. The molecule has 2 heterocycles. The number of hydrogen-bond acceptors (Lipinski definition) is 6. The Morgan fingerprint density at radius 1 is 0.758 bits per heavy atom. The molecule has 0 atom stereocenters. The van der Waals surface area contributed by atoms with Gasteiger partial charge in [0.1, 0.15) is 0 Å². The number of nitrogens with zero attached hydrogens (tertiary/aromatic N) is 4. The first-order valence-electron chi connectivity index (χ1n) is 10.5. The van der Waals surface area contributed by atoms with Crippen LogP contribution in [-0.4, -0.2) is 28.4 Å². The molecule has 0 radical (unpaired) electrons. The fourth-order valence-electron chi connectivity index (χ4n) is 3.57. The Labute approximate surface area is 193 Å². The molecule has 0 saturated heterocycles. The van der Waals surface area contributed by atoms with Crippen LogP contribution in [0.5, 0.6) is 0 Å². The summed E-state index contributed by atoms with van der Waals surface area (Å²) in [5.41, 5.74) is 5.85. The van der Waals surface area contributed by atoms with Crippen molar-refractivity contribution in [1.29, 1.82) is 0 Å². The lowest BCUT2D eigenvalue weighted by atomic mass is 10.1. The third-order valence-electron chi connectivity index (χ3n) is 5.37. The van der Waals surface area contributed by atoms with E-state index in [0.717, 1.165) is 28.2 Å². The number of aromatic nitrogens is 4. The van der Waals surface area contributed by atoms with E-state index in [1.807, 2.05) is 52.0 Å². The van der Waals surface area contributed by atoms with Gasteiger partial charge in [0.2, 0.25) is 0 Å². The van der Waals surface area contributed by atoms with Gasteiger partial charge in [-0.1, -0.05) is 6.07 Å². The predicted molar refractivity (Wildman–Crippen MR) is 130 cm³/mol. The highest BCUT2D eigenvalue weighted by Gasteiger charge is 2.18. The fraction of sp³-hybridized carbons (Fsp3) is 0.208. The number of nitrogens with one attached hydrogen (secondary N) is 2. The van der Waals surface area contributed by atoms with Crippen LogP contribution in [0.3, 0.4) is 0 Å². The van der Waals surface area contributed by atoms with Gasteiger partial charge in [0, 0.05) is 17.1 Å². The lowest BCUT2D eigenvalue weighted by molar-refractivity contribution is 0.600. The van der Waals surface area contributed by atoms with Crippen LogP contribution in [-0.2, 0) is 10.0 Å². The van der Waals surface area contributed by atoms with E-state index in [1.165, 1.54) is 0 Å². The average Bonchev–Trinajstić information content (AvgIpc) is 3.10. The van der Waals surface area contributed by atoms with Crippen LogP contribution in [0.2, 0.25) is 0 Å². The van der Waals surface area contributed by atoms with Crippen molar-refractivity contribution in [1.82, 2.24) is 20.0 Å². The molecule has 170 valence electrons. The fourth-order valence-corrected chi connectivity index (χ4v) is 4.94. The van der Waals surface area contributed by atoms with Gasteiger partial charge in [-0.15, -0.1) is 10.2 Å². The largest absolute Gasteiger partial charge is 0.339 e. The van der Waals surface area contributed by atoms with E-state index in [1.54, 1.807) is 41.9 Å². The molecule has 2 aromatic carbocycles. The zero-order valence-corrected chi connectivity index (χ0v) is 20.0. The molecule has 0 saturated carbocycles. The lowest BCUT2D eigenvalue weighted by Gasteiger charge is -2.13. The van der Waals surface area contributed by atoms with Crippen LogP contribution < -0.4 is 10.0 Å². The molecule has 2 N–H and O–H groups in total. The Morgan fingerprint density at radius 3 is 2.03 bits per heavy atom. The van der Waals surface area contributed by atoms with Crippen molar-refractivity contribution in [2.75, 3.05) is 10.0 Å². The molecule has 9 heteroatoms. The van der Waals surface area contributed by atoms with Crippen molar-refractivity contribution in [2.45, 2.75) is 39.5 Å². The molecular weight excluding hydrogens is 436 g/mol. The summed E-state index contributed by atoms with van der Waals surface area (Å²) in [7, 11) is -3.69. The standard InChI is InChI=1S/C24H26N6O2S/c1-15-12-17(3)22(13-16(15)2)33(31,32)29-21-8-6-20(7-9-21)25-23-10-11-24(27-26-23)30-19(5)14-18(4)28-30/h6-14,29H,1-5H3,(H,25,26). The maximum Gasteiger partial charge on any atom is 0.262 e. The summed E-state index contributed by atoms with van der Waals surface area (Å²) in [6.07, 6.45) is 0. The van der Waals surface area contributed by atoms with Gasteiger partial charge in [0.15, 0.2) is 11.6 Å². The van der Waals surface area contributed by atoms with Gasteiger partial charge in [-0.05, 0) is 99.8 Å². The topological polar surface area (TPSA) is 102 Å². The summed E-state index contributed by atoms with van der Waals surface area (Å²) in [5.74, 6) is 1.21. The molecule has 0 aliphatic carbocycles. The summed E-state index contributed by atoms with van der Waals surface area (Å²) in [4.78, 5) is 0.283. The maximum atomic E-state index is 12.9. The highest BCUT2D eigenvalue weighted by molar-refractivity contribution is 7.92. The van der Waals surface area contributed by atoms with Gasteiger partial charge in [0.05, 0.1) is 10.6 Å². The molecule has 0 amide bonds. The van der Waals surface area contributed by atoms with Crippen LogP contribution in [0.15, 0.2) is 59.5 Å². The first-order valence-corrected chi connectivity index (χ1v) is 12.0. The van der Waals surface area contributed by atoms with E-state index in [9.17, 15) is 8.42 Å². The van der Waals surface area contributed by atoms with Gasteiger partial charge in [-0.3, -0.25) is 4.72 Å². The van der Waals surface area contributed by atoms with Gasteiger partial charge in [0.25, 0.3) is 10.0 Å². The quantitative estimate of drug-likeness (QED) is 0.429. The van der Waals surface area contributed by atoms with E-state index in [0.29, 0.717) is 22.9 Å². The Morgan fingerprint density at radius 2 is 1.42 bits per heavy atom. The predicted octanol–water partition coefficient (Wildman–Crippen LogP) is 4.75. The first kappa shape index (κ1) is 22.5. The molecule has 0 fully saturated rings. The molecule has 2 aromatic heterocycles. The minimum atomic E-state index is -3.69. The van der Waals surface area contributed by atoms with Crippen molar-refractivity contribution in [3.8, 4) is 5.82 Å². The zero-order chi connectivity index (χ0) is 23.8. The second-order valence-electron chi connectivity index (χ2n) is 8.13. The Bertz CT molecular complexity index is 1410. The van der Waals surface area contributed by atoms with Crippen LogP contribution in [0, 0.1) is 34.6 Å². The second-order valence-corrected chi connectivity index (χ2v) is 9.78. The molecule has 0 aliphatic rings. The van der Waals surface area contributed by atoms with Crippen LogP contribution in [0.1, 0.15) is 28.1 Å². The number of hydrogen-bond donors (Lipinski definition) is 2. The SMILES string of the molecule is Cc1cc(C)n(-c2ccc(Nc3ccc(NS(=O)(=O)c4cc(C)c(C)cc4C)cc3)nn2)n1. The Balaban J connectivity index is 1.46. The Hall–Kier alpha value is -3.72. The number of anilines is 3. The molecule has 8 nitrogen and oxygen atoms in total. The highest BCUT2D eigenvalue weighted by Crippen LogP contribution is 2.24. The molecular formula is C24H26N6O2S. The number of sulfonamides is 1. The van der Waals surface area contributed by atoms with Crippen LogP contribution in [0.25, 0.3) is 5.82 Å². The highest BCUT2D eigenvalue weighted by atomic mass is 32.2. The monoisotopic (exact) mass is 462 g/mol. The normalized spacial score (nSPS) is 11.4. The average molecular weight is 463 g/mol. The first-order chi connectivity index (χ1) is 15.6. The summed E-state index contributed by atoms with van der Waals surface area (Å²) in [5, 5.41) is 16.0. The van der Waals surface area contributed by atoms with Crippen molar-refractivity contribution in [3.05, 3.63) is 82.7 Å². The van der Waals surface area contributed by atoms with Crippen molar-refractivity contribution < 1.29 is 8.42 Å². The molecule has 0 spiro atoms. The van der Waals surface area contributed by atoms with Crippen molar-refractivity contribution in [3.63, 3.8) is 0 Å². The van der Waals surface area contributed by atoms with Gasteiger partial charge < -0.3 is 5.32 Å². The number of rotatable bonds is 6. The summed E-state index contributed by atoms with van der Waals surface area (Å²) in [6, 6.07) is 16.2. The van der Waals surface area contributed by atoms with E-state index in [2.05, 4.69) is 25.3 Å². The summed E-state index contributed by atoms with van der Waals surface area (Å²) < 4.78 is 30.2. The van der Waals surface area contributed by atoms with Crippen LogP contribution >= 0.6 is 0 Å². The van der Waals surface area contributed by atoms with Gasteiger partial charge >= 0.3 is 0 Å². The molecule has 33 heavy (non-hydrogen) atoms. The van der Waals surface area contributed by atoms with E-state index in [-0.39, 0.29) is 4.90 Å². The maximum absolute atomic E-state index is 12.9. The smallest absolute Gasteiger partial charge is 0.262 e. The number of aryl methyl sites for hydroxylation is 5. The molecule has 4 rings (SSSR count). The van der Waals surface area contributed by atoms with Gasteiger partial charge in [-0.25, -0.2) is 13.1 Å². The lowest BCUT2D eigenvalue weighted by Crippen LogP contribution is -2.14. The molecule has 4 aromatic rings. The van der Waals surface area contributed by atoms with Crippen LogP contribution in [0.4, 0.5) is 17.2 Å². The summed E-state index contributed by atoms with van der Waals surface area (Å²) in [6.45, 7) is 9.57. The summed E-state index contributed by atoms with van der Waals surface area (Å²) >= 11 is 0. The third-order valence-corrected chi connectivity index (χ3v) is 6.89. The van der Waals surface area contributed by atoms with E-state index < -0.39 is 10.0 Å². The van der Waals surface area contributed by atoms with E-state index >= 15 is 0 Å². The molecule has 0 unspecified atom stereocenters. The van der Waals surface area contributed by atoms with Crippen molar-refractivity contribution >= 4 is 27.2 Å². The third kappa shape index (κ3) is 4.88. The Kier molecular flexibility index (Phi) is 5.90. The zero-order valence-electron chi connectivity index (χ0n) is 19.2. The minimum absolute atomic E-state index is 0.283. The second kappa shape index (κ2) is 8.67. The number of benzene rings is 2. The molecule has 0 bridgehead atoms.